The Morgan fingerprint density at radius 2 is 1.74 bits per heavy atom. The molecule has 8 nitrogen and oxygen atoms in total. The van der Waals surface area contributed by atoms with Crippen LogP contribution in [0.25, 0.3) is 0 Å². The van der Waals surface area contributed by atoms with Crippen molar-refractivity contribution in [2.24, 2.45) is 4.99 Å². The summed E-state index contributed by atoms with van der Waals surface area (Å²) in [4.78, 5) is 29.0. The van der Waals surface area contributed by atoms with Crippen molar-refractivity contribution in [3.05, 3.63) is 77.6 Å². The van der Waals surface area contributed by atoms with Crippen molar-refractivity contribution >= 4 is 34.6 Å². The van der Waals surface area contributed by atoms with Gasteiger partial charge in [-0.1, -0.05) is 42.1 Å². The zero-order valence-corrected chi connectivity index (χ0v) is 23.0. The molecule has 2 aliphatic rings. The van der Waals surface area contributed by atoms with Gasteiger partial charge >= 0.3 is 11.9 Å². The third kappa shape index (κ3) is 10.8. The fourth-order valence-electron chi connectivity index (χ4n) is 4.34. The van der Waals surface area contributed by atoms with Crippen LogP contribution in [0.5, 0.6) is 0 Å². The number of carboxylic acids is 2. The molecule has 0 spiro atoms. The van der Waals surface area contributed by atoms with Crippen LogP contribution in [0.4, 0.5) is 10.1 Å². The van der Waals surface area contributed by atoms with Gasteiger partial charge in [0.15, 0.2) is 5.17 Å². The normalized spacial score (nSPS) is 15.7. The topological polar surface area (TPSA) is 103 Å². The Morgan fingerprint density at radius 3 is 2.41 bits per heavy atom. The maximum Gasteiger partial charge on any atom is 0.328 e. The summed E-state index contributed by atoms with van der Waals surface area (Å²) in [7, 11) is 2.21. The largest absolute Gasteiger partial charge is 0.478 e. The number of carboxylic acid groups (broad SMARTS) is 2. The van der Waals surface area contributed by atoms with Crippen LogP contribution in [-0.2, 0) is 26.7 Å². The van der Waals surface area contributed by atoms with Gasteiger partial charge in [-0.2, -0.15) is 0 Å². The predicted octanol–water partition coefficient (Wildman–Crippen LogP) is 5.17. The first-order chi connectivity index (χ1) is 18.8. The van der Waals surface area contributed by atoms with Gasteiger partial charge < -0.3 is 24.7 Å². The Hall–Kier alpha value is -3.21. The van der Waals surface area contributed by atoms with Gasteiger partial charge in [0.25, 0.3) is 0 Å². The van der Waals surface area contributed by atoms with E-state index in [2.05, 4.69) is 41.1 Å². The summed E-state index contributed by atoms with van der Waals surface area (Å²) in [5.74, 6) is -1.70. The Kier molecular flexibility index (Phi) is 12.5. The van der Waals surface area contributed by atoms with Crippen molar-refractivity contribution in [1.29, 1.82) is 0 Å². The number of likely N-dealkylation sites (tertiary alicyclic amines) is 1. The highest BCUT2D eigenvalue weighted by atomic mass is 32.2. The number of hydrogen-bond acceptors (Lipinski definition) is 7. The van der Waals surface area contributed by atoms with Crippen LogP contribution in [0.3, 0.4) is 0 Å². The number of aliphatic imine (C=N–C) groups is 1. The maximum atomic E-state index is 12.9. The van der Waals surface area contributed by atoms with Crippen LogP contribution < -0.4 is 0 Å². The van der Waals surface area contributed by atoms with Gasteiger partial charge in [-0.05, 0) is 61.6 Å². The van der Waals surface area contributed by atoms with Crippen molar-refractivity contribution < 1.29 is 28.9 Å². The van der Waals surface area contributed by atoms with Gasteiger partial charge in [0, 0.05) is 50.7 Å². The first-order valence-corrected chi connectivity index (χ1v) is 14.0. The number of aliphatic carboxylic acids is 2. The van der Waals surface area contributed by atoms with Crippen LogP contribution in [-0.4, -0.2) is 76.4 Å². The summed E-state index contributed by atoms with van der Waals surface area (Å²) in [5, 5.41) is 16.8. The second-order valence-electron chi connectivity index (χ2n) is 9.39. The third-order valence-corrected chi connectivity index (χ3v) is 7.63. The highest BCUT2D eigenvalue weighted by molar-refractivity contribution is 8.13. The molecule has 0 atom stereocenters. The van der Waals surface area contributed by atoms with Gasteiger partial charge in [0.1, 0.15) is 5.82 Å². The molecule has 2 heterocycles. The first kappa shape index (κ1) is 30.3. The van der Waals surface area contributed by atoms with E-state index in [9.17, 15) is 14.0 Å². The Balaban J connectivity index is 0.000000459. The molecule has 2 aromatic rings. The first-order valence-electron chi connectivity index (χ1n) is 13.0. The number of hydrogen-bond donors (Lipinski definition) is 2. The summed E-state index contributed by atoms with van der Waals surface area (Å²) in [6.07, 6.45) is 5.72. The van der Waals surface area contributed by atoms with E-state index in [1.54, 1.807) is 12.1 Å². The molecule has 0 unspecified atom stereocenters. The fraction of sp³-hybridized carbons (Fsp3) is 0.414. The highest BCUT2D eigenvalue weighted by Gasteiger charge is 2.26. The fourth-order valence-corrected chi connectivity index (χ4v) is 5.38. The SMILES string of the molecule is CN(C1=Nc2ccccc2CS1)C1CCN(CCCCOCc2ccc(F)cc2)CC1.O=C(O)C=CC(=O)O. The average Bonchev–Trinajstić information content (AvgIpc) is 2.95. The van der Waals surface area contributed by atoms with E-state index in [1.807, 2.05) is 11.8 Å². The molecule has 0 saturated carbocycles. The van der Waals surface area contributed by atoms with Crippen molar-refractivity contribution in [3.63, 3.8) is 0 Å². The van der Waals surface area contributed by atoms with E-state index in [0.717, 1.165) is 61.3 Å². The van der Waals surface area contributed by atoms with Gasteiger partial charge in [0.2, 0.25) is 0 Å². The van der Waals surface area contributed by atoms with Crippen LogP contribution in [0.2, 0.25) is 0 Å². The lowest BCUT2D eigenvalue weighted by Gasteiger charge is -2.38. The highest BCUT2D eigenvalue weighted by Crippen LogP contribution is 2.32. The molecule has 0 radical (unpaired) electrons. The standard InChI is InChI=1S/C25H32FN3OS.C4H4O4/c1-28(25-27-24-7-3-2-6-21(24)19-31-25)23-12-15-29(16-13-23)14-4-5-17-30-18-20-8-10-22(26)11-9-20;5-3(6)1-2-4(7)8/h2-3,6-11,23H,4-5,12-19H2,1H3;1-2H,(H,5,6)(H,7,8). The molecule has 210 valence electrons. The Morgan fingerprint density at radius 1 is 1.08 bits per heavy atom. The van der Waals surface area contributed by atoms with E-state index in [1.165, 1.54) is 30.5 Å². The molecule has 1 fully saturated rings. The molecular formula is C29H36FN3O5S. The molecular weight excluding hydrogens is 521 g/mol. The number of unbranched alkanes of at least 4 members (excludes halogenated alkanes) is 1. The number of rotatable bonds is 10. The zero-order valence-electron chi connectivity index (χ0n) is 22.2. The van der Waals surface area contributed by atoms with Gasteiger partial charge in [-0.15, -0.1) is 0 Å². The lowest BCUT2D eigenvalue weighted by Crippen LogP contribution is -2.45. The summed E-state index contributed by atoms with van der Waals surface area (Å²) < 4.78 is 18.6. The number of ether oxygens (including phenoxy) is 1. The summed E-state index contributed by atoms with van der Waals surface area (Å²) in [5.41, 5.74) is 3.49. The molecule has 1 saturated heterocycles. The number of piperidine rings is 1. The number of benzene rings is 2. The lowest BCUT2D eigenvalue weighted by molar-refractivity contribution is -0.134. The number of amidine groups is 1. The van der Waals surface area contributed by atoms with E-state index >= 15 is 0 Å². The smallest absolute Gasteiger partial charge is 0.328 e. The van der Waals surface area contributed by atoms with Crippen molar-refractivity contribution in [2.75, 3.05) is 33.3 Å². The minimum Gasteiger partial charge on any atom is -0.478 e. The van der Waals surface area contributed by atoms with Gasteiger partial charge in [-0.3, -0.25) is 0 Å². The quantitative estimate of drug-likeness (QED) is 0.305. The molecule has 0 amide bonds. The summed E-state index contributed by atoms with van der Waals surface area (Å²) in [6, 6.07) is 15.6. The van der Waals surface area contributed by atoms with Crippen molar-refractivity contribution in [2.45, 2.75) is 44.1 Å². The number of thioether (sulfide) groups is 1. The average molecular weight is 558 g/mol. The van der Waals surface area contributed by atoms with Gasteiger partial charge in [0.05, 0.1) is 12.3 Å². The number of halogens is 1. The number of nitrogens with zero attached hydrogens (tertiary/aromatic N) is 3. The Labute approximate surface area is 233 Å². The lowest BCUT2D eigenvalue weighted by atomic mass is 10.0. The minimum absolute atomic E-state index is 0.200. The minimum atomic E-state index is -1.26. The van der Waals surface area contributed by atoms with E-state index in [-0.39, 0.29) is 5.82 Å². The molecule has 2 aromatic carbocycles. The number of para-hydroxylation sites is 1. The monoisotopic (exact) mass is 557 g/mol. The molecule has 2 aliphatic heterocycles. The van der Waals surface area contributed by atoms with Crippen LogP contribution in [0, 0.1) is 5.82 Å². The maximum absolute atomic E-state index is 12.9. The summed E-state index contributed by atoms with van der Waals surface area (Å²) >= 11 is 1.86. The molecule has 2 N–H and O–H groups in total. The van der Waals surface area contributed by atoms with Gasteiger partial charge in [-0.25, -0.2) is 19.0 Å². The Bertz CT molecular complexity index is 1120. The second-order valence-corrected chi connectivity index (χ2v) is 10.3. The second kappa shape index (κ2) is 16.0. The van der Waals surface area contributed by atoms with Crippen molar-refractivity contribution in [1.82, 2.24) is 9.80 Å². The zero-order chi connectivity index (χ0) is 28.0. The predicted molar refractivity (Wildman–Crippen MR) is 152 cm³/mol. The number of fused-ring (bicyclic) bond motifs is 1. The summed E-state index contributed by atoms with van der Waals surface area (Å²) in [6.45, 7) is 4.76. The van der Waals surface area contributed by atoms with E-state index < -0.39 is 11.9 Å². The van der Waals surface area contributed by atoms with E-state index in [0.29, 0.717) is 24.8 Å². The molecule has 0 aromatic heterocycles. The van der Waals surface area contributed by atoms with Crippen LogP contribution >= 0.6 is 11.8 Å². The van der Waals surface area contributed by atoms with Crippen molar-refractivity contribution in [3.8, 4) is 0 Å². The van der Waals surface area contributed by atoms with Crippen LogP contribution in [0.1, 0.15) is 36.8 Å². The molecule has 0 bridgehead atoms. The molecule has 39 heavy (non-hydrogen) atoms. The van der Waals surface area contributed by atoms with E-state index in [4.69, 9.17) is 19.9 Å². The molecule has 4 rings (SSSR count). The van der Waals surface area contributed by atoms with Crippen LogP contribution in [0.15, 0.2) is 65.7 Å². The molecule has 0 aliphatic carbocycles. The third-order valence-electron chi connectivity index (χ3n) is 6.53. The molecule has 10 heteroatoms. The number of carbonyl (C=O) groups is 2.